The molecule has 2 aromatic rings. The molecule has 1 N–H and O–H groups in total. The second-order valence-electron chi connectivity index (χ2n) is 4.73. The van der Waals surface area contributed by atoms with Crippen molar-refractivity contribution in [1.82, 2.24) is 10.4 Å². The van der Waals surface area contributed by atoms with Gasteiger partial charge in [0.25, 0.3) is 5.91 Å². The Morgan fingerprint density at radius 1 is 1.10 bits per heavy atom. The van der Waals surface area contributed by atoms with Gasteiger partial charge in [0.1, 0.15) is 0 Å². The van der Waals surface area contributed by atoms with Crippen LogP contribution in [0.15, 0.2) is 53.8 Å². The van der Waals surface area contributed by atoms with Gasteiger partial charge in [0.05, 0.1) is 11.4 Å². The summed E-state index contributed by atoms with van der Waals surface area (Å²) in [6.45, 7) is 0. The second-order valence-corrected chi connectivity index (χ2v) is 4.73. The number of pyridine rings is 1. The highest BCUT2D eigenvalue weighted by molar-refractivity contribution is 6.02. The van der Waals surface area contributed by atoms with E-state index in [1.54, 1.807) is 18.3 Å². The molecule has 0 radical (unpaired) electrons. The first-order valence-electron chi connectivity index (χ1n) is 6.71. The fraction of sp³-hybridized carbons (Fsp3) is 0.188. The first-order chi connectivity index (χ1) is 9.84. The first-order valence-corrected chi connectivity index (χ1v) is 6.71. The number of carbonyl (C=O) groups is 1. The molecule has 100 valence electrons. The Morgan fingerprint density at radius 2 is 1.95 bits per heavy atom. The van der Waals surface area contributed by atoms with E-state index in [0.29, 0.717) is 5.56 Å². The molecule has 1 amide bonds. The minimum Gasteiger partial charge on any atom is -0.267 e. The average molecular weight is 265 g/mol. The number of nitrogens with zero attached hydrogens (tertiary/aromatic N) is 2. The highest BCUT2D eigenvalue weighted by Gasteiger charge is 2.16. The van der Waals surface area contributed by atoms with Crippen molar-refractivity contribution in [1.29, 1.82) is 0 Å². The van der Waals surface area contributed by atoms with Crippen molar-refractivity contribution in [2.24, 2.45) is 5.10 Å². The first kappa shape index (κ1) is 12.5. The van der Waals surface area contributed by atoms with Gasteiger partial charge in [0.2, 0.25) is 0 Å². The Morgan fingerprint density at radius 3 is 2.80 bits per heavy atom. The van der Waals surface area contributed by atoms with E-state index in [1.165, 1.54) is 5.56 Å². The quantitative estimate of drug-likeness (QED) is 0.848. The third-order valence-corrected chi connectivity index (χ3v) is 3.35. The van der Waals surface area contributed by atoms with Crippen LogP contribution in [-0.4, -0.2) is 16.6 Å². The third kappa shape index (κ3) is 2.59. The Bertz CT molecular complexity index is 650. The molecule has 3 rings (SSSR count). The Hall–Kier alpha value is -2.49. The molecular formula is C16H15N3O. The molecule has 0 atom stereocenters. The van der Waals surface area contributed by atoms with E-state index in [9.17, 15) is 4.79 Å². The van der Waals surface area contributed by atoms with Crippen LogP contribution >= 0.6 is 0 Å². The summed E-state index contributed by atoms with van der Waals surface area (Å²) in [7, 11) is 0. The molecule has 0 bridgehead atoms. The second kappa shape index (κ2) is 5.65. The highest BCUT2D eigenvalue weighted by atomic mass is 16.2. The van der Waals surface area contributed by atoms with Crippen LogP contribution in [0.1, 0.15) is 34.5 Å². The predicted molar refractivity (Wildman–Crippen MR) is 77.6 cm³/mol. The molecule has 1 aliphatic carbocycles. The lowest BCUT2D eigenvalue weighted by Crippen LogP contribution is -2.22. The van der Waals surface area contributed by atoms with Crippen molar-refractivity contribution >= 4 is 11.6 Å². The lowest BCUT2D eigenvalue weighted by atomic mass is 9.95. The maximum atomic E-state index is 12.0. The number of carbonyl (C=O) groups excluding carboxylic acids is 1. The number of rotatable bonds is 2. The van der Waals surface area contributed by atoms with Gasteiger partial charge in [0, 0.05) is 11.8 Å². The SMILES string of the molecule is O=C(N/N=C1\CCCc2cccnc21)c1ccccc1. The van der Waals surface area contributed by atoms with Crippen LogP contribution < -0.4 is 5.43 Å². The summed E-state index contributed by atoms with van der Waals surface area (Å²) in [6, 6.07) is 13.1. The van der Waals surface area contributed by atoms with Gasteiger partial charge in [0.15, 0.2) is 0 Å². The lowest BCUT2D eigenvalue weighted by molar-refractivity contribution is 0.0954. The molecule has 1 aliphatic rings. The van der Waals surface area contributed by atoms with Crippen LogP contribution in [-0.2, 0) is 6.42 Å². The molecule has 0 fully saturated rings. The van der Waals surface area contributed by atoms with Gasteiger partial charge in [-0.3, -0.25) is 9.78 Å². The fourth-order valence-corrected chi connectivity index (χ4v) is 2.35. The summed E-state index contributed by atoms with van der Waals surface area (Å²) in [5, 5.41) is 4.26. The summed E-state index contributed by atoms with van der Waals surface area (Å²) < 4.78 is 0. The fourth-order valence-electron chi connectivity index (χ4n) is 2.35. The number of hydrogen-bond donors (Lipinski definition) is 1. The van der Waals surface area contributed by atoms with Gasteiger partial charge in [-0.15, -0.1) is 0 Å². The third-order valence-electron chi connectivity index (χ3n) is 3.35. The molecule has 1 aromatic heterocycles. The molecular weight excluding hydrogens is 250 g/mol. The summed E-state index contributed by atoms with van der Waals surface area (Å²) >= 11 is 0. The molecule has 0 aliphatic heterocycles. The van der Waals surface area contributed by atoms with Crippen molar-refractivity contribution in [3.8, 4) is 0 Å². The van der Waals surface area contributed by atoms with Crippen molar-refractivity contribution < 1.29 is 4.79 Å². The highest BCUT2D eigenvalue weighted by Crippen LogP contribution is 2.19. The van der Waals surface area contributed by atoms with E-state index in [4.69, 9.17) is 0 Å². The van der Waals surface area contributed by atoms with Crippen molar-refractivity contribution in [2.45, 2.75) is 19.3 Å². The van der Waals surface area contributed by atoms with Gasteiger partial charge >= 0.3 is 0 Å². The molecule has 1 aromatic carbocycles. The monoisotopic (exact) mass is 265 g/mol. The molecule has 0 saturated carbocycles. The molecule has 20 heavy (non-hydrogen) atoms. The van der Waals surface area contributed by atoms with Gasteiger partial charge in [-0.05, 0) is 43.0 Å². The van der Waals surface area contributed by atoms with Crippen molar-refractivity contribution in [2.75, 3.05) is 0 Å². The number of nitrogens with one attached hydrogen (secondary N) is 1. The van der Waals surface area contributed by atoms with Crippen LogP contribution in [0.4, 0.5) is 0 Å². The minimum absolute atomic E-state index is 0.193. The van der Waals surface area contributed by atoms with Crippen LogP contribution in [0, 0.1) is 0 Å². The zero-order valence-electron chi connectivity index (χ0n) is 11.0. The van der Waals surface area contributed by atoms with E-state index in [2.05, 4.69) is 21.6 Å². The average Bonchev–Trinajstić information content (AvgIpc) is 2.53. The Balaban J connectivity index is 1.79. The topological polar surface area (TPSA) is 54.4 Å². The number of aromatic nitrogens is 1. The summed E-state index contributed by atoms with van der Waals surface area (Å²) in [5.74, 6) is -0.193. The van der Waals surface area contributed by atoms with Crippen LogP contribution in [0.5, 0.6) is 0 Å². The smallest absolute Gasteiger partial charge is 0.267 e. The van der Waals surface area contributed by atoms with Crippen LogP contribution in [0.3, 0.4) is 0 Å². The van der Waals surface area contributed by atoms with Crippen molar-refractivity contribution in [3.05, 3.63) is 65.5 Å². The lowest BCUT2D eigenvalue weighted by Gasteiger charge is -2.16. The van der Waals surface area contributed by atoms with Gasteiger partial charge in [-0.1, -0.05) is 24.3 Å². The van der Waals surface area contributed by atoms with E-state index in [0.717, 1.165) is 30.7 Å². The number of hydrazone groups is 1. The molecule has 0 unspecified atom stereocenters. The van der Waals surface area contributed by atoms with Crippen molar-refractivity contribution in [3.63, 3.8) is 0 Å². The molecule has 4 heteroatoms. The number of amides is 1. The standard InChI is InChI=1S/C16H15N3O/c20-16(13-6-2-1-3-7-13)19-18-14-10-4-8-12-9-5-11-17-15(12)14/h1-3,5-7,9,11H,4,8,10H2,(H,19,20)/b18-14+. The van der Waals surface area contributed by atoms with Crippen LogP contribution in [0.2, 0.25) is 0 Å². The van der Waals surface area contributed by atoms with E-state index in [1.807, 2.05) is 24.3 Å². The zero-order chi connectivity index (χ0) is 13.8. The minimum atomic E-state index is -0.193. The van der Waals surface area contributed by atoms with Crippen LogP contribution in [0.25, 0.3) is 0 Å². The summed E-state index contributed by atoms with van der Waals surface area (Å²) in [6.07, 6.45) is 4.67. The van der Waals surface area contributed by atoms with E-state index < -0.39 is 0 Å². The summed E-state index contributed by atoms with van der Waals surface area (Å²) in [5.41, 5.74) is 6.19. The van der Waals surface area contributed by atoms with E-state index in [-0.39, 0.29) is 5.91 Å². The molecule has 4 nitrogen and oxygen atoms in total. The number of benzene rings is 1. The summed E-state index contributed by atoms with van der Waals surface area (Å²) in [4.78, 5) is 16.3. The zero-order valence-corrected chi connectivity index (χ0v) is 11.0. The van der Waals surface area contributed by atoms with Gasteiger partial charge < -0.3 is 0 Å². The van der Waals surface area contributed by atoms with Gasteiger partial charge in [-0.25, -0.2) is 5.43 Å². The maximum absolute atomic E-state index is 12.0. The number of aryl methyl sites for hydroxylation is 1. The maximum Gasteiger partial charge on any atom is 0.271 e. The number of hydrogen-bond acceptors (Lipinski definition) is 3. The predicted octanol–water partition coefficient (Wildman–Crippen LogP) is 2.55. The largest absolute Gasteiger partial charge is 0.271 e. The Labute approximate surface area is 117 Å². The molecule has 1 heterocycles. The van der Waals surface area contributed by atoms with Gasteiger partial charge in [-0.2, -0.15) is 5.10 Å². The normalized spacial score (nSPS) is 15.7. The van der Waals surface area contributed by atoms with E-state index >= 15 is 0 Å². The number of fused-ring (bicyclic) bond motifs is 1. The molecule has 0 spiro atoms. The molecule has 0 saturated heterocycles. The Kier molecular flexibility index (Phi) is 3.54.